The molecular formula is C11H12N2O2. The Balaban J connectivity index is 2.00. The maximum Gasteiger partial charge on any atom is 0.269 e. The first kappa shape index (κ1) is 9.86. The van der Waals surface area contributed by atoms with E-state index in [0.717, 1.165) is 25.2 Å². The number of rotatable bonds is 3. The van der Waals surface area contributed by atoms with E-state index in [4.69, 9.17) is 0 Å². The molecule has 0 fully saturated rings. The molecule has 4 nitrogen and oxygen atoms in total. The molecule has 1 aliphatic heterocycles. The first-order valence-corrected chi connectivity index (χ1v) is 4.86. The van der Waals surface area contributed by atoms with Crippen LogP contribution in [0.2, 0.25) is 0 Å². The Morgan fingerprint density at radius 2 is 1.80 bits per heavy atom. The molecule has 15 heavy (non-hydrogen) atoms. The predicted molar refractivity (Wildman–Crippen MR) is 57.5 cm³/mol. The minimum Gasteiger partial charge on any atom is -0.292 e. The SMILES string of the molecule is O=[N+]([O-])c1ccc(CN2CC=CC2)cc1. The van der Waals surface area contributed by atoms with Gasteiger partial charge in [0.05, 0.1) is 4.92 Å². The topological polar surface area (TPSA) is 46.4 Å². The standard InChI is InChI=1S/C11H12N2O2/c14-13(15)11-5-3-10(4-6-11)9-12-7-1-2-8-12/h1-6H,7-9H2. The quantitative estimate of drug-likeness (QED) is 0.429. The average Bonchev–Trinajstić information content (AvgIpc) is 2.71. The van der Waals surface area contributed by atoms with Gasteiger partial charge >= 0.3 is 0 Å². The maximum absolute atomic E-state index is 10.4. The summed E-state index contributed by atoms with van der Waals surface area (Å²) in [6, 6.07) is 6.74. The number of non-ortho nitro benzene ring substituents is 1. The molecular weight excluding hydrogens is 192 g/mol. The Labute approximate surface area is 88.0 Å². The third-order valence-electron chi connectivity index (χ3n) is 2.45. The molecule has 0 bridgehead atoms. The first-order valence-electron chi connectivity index (χ1n) is 4.86. The number of nitro benzene ring substituents is 1. The fraction of sp³-hybridized carbons (Fsp3) is 0.273. The van der Waals surface area contributed by atoms with E-state index >= 15 is 0 Å². The Kier molecular flexibility index (Phi) is 2.78. The van der Waals surface area contributed by atoms with E-state index < -0.39 is 0 Å². The average molecular weight is 204 g/mol. The third kappa shape index (κ3) is 2.41. The van der Waals surface area contributed by atoms with Crippen molar-refractivity contribution < 1.29 is 4.92 Å². The largest absolute Gasteiger partial charge is 0.292 e. The highest BCUT2D eigenvalue weighted by molar-refractivity contribution is 5.32. The summed E-state index contributed by atoms with van der Waals surface area (Å²) in [7, 11) is 0. The van der Waals surface area contributed by atoms with Crippen molar-refractivity contribution in [1.29, 1.82) is 0 Å². The Hall–Kier alpha value is -1.68. The summed E-state index contributed by atoms with van der Waals surface area (Å²) in [4.78, 5) is 12.3. The molecule has 0 atom stereocenters. The van der Waals surface area contributed by atoms with E-state index in [9.17, 15) is 10.1 Å². The number of hydrogen-bond donors (Lipinski definition) is 0. The van der Waals surface area contributed by atoms with Crippen LogP contribution in [0.4, 0.5) is 5.69 Å². The summed E-state index contributed by atoms with van der Waals surface area (Å²) in [5, 5.41) is 10.4. The number of hydrogen-bond acceptors (Lipinski definition) is 3. The normalized spacial score (nSPS) is 15.7. The molecule has 0 unspecified atom stereocenters. The van der Waals surface area contributed by atoms with E-state index in [1.165, 1.54) is 0 Å². The number of benzene rings is 1. The number of nitrogens with zero attached hydrogens (tertiary/aromatic N) is 2. The van der Waals surface area contributed by atoms with Crippen LogP contribution in [0, 0.1) is 10.1 Å². The smallest absolute Gasteiger partial charge is 0.269 e. The molecule has 1 aromatic rings. The van der Waals surface area contributed by atoms with Gasteiger partial charge in [-0.05, 0) is 5.56 Å². The summed E-state index contributed by atoms with van der Waals surface area (Å²) in [6.07, 6.45) is 4.26. The van der Waals surface area contributed by atoms with Crippen molar-refractivity contribution in [2.45, 2.75) is 6.54 Å². The van der Waals surface area contributed by atoms with Crippen LogP contribution in [0.3, 0.4) is 0 Å². The molecule has 1 heterocycles. The van der Waals surface area contributed by atoms with Crippen molar-refractivity contribution in [2.24, 2.45) is 0 Å². The molecule has 1 aromatic carbocycles. The highest BCUT2D eigenvalue weighted by Crippen LogP contribution is 2.14. The van der Waals surface area contributed by atoms with Gasteiger partial charge in [-0.1, -0.05) is 24.3 Å². The second kappa shape index (κ2) is 4.23. The van der Waals surface area contributed by atoms with Crippen LogP contribution in [0.5, 0.6) is 0 Å². The summed E-state index contributed by atoms with van der Waals surface area (Å²) >= 11 is 0. The van der Waals surface area contributed by atoms with Gasteiger partial charge in [-0.25, -0.2) is 0 Å². The van der Waals surface area contributed by atoms with Crippen molar-refractivity contribution in [3.63, 3.8) is 0 Å². The lowest BCUT2D eigenvalue weighted by Gasteiger charge is -2.14. The van der Waals surface area contributed by atoms with Gasteiger partial charge in [0.25, 0.3) is 5.69 Å². The third-order valence-corrected chi connectivity index (χ3v) is 2.45. The van der Waals surface area contributed by atoms with Crippen LogP contribution in [0.25, 0.3) is 0 Å². The molecule has 0 N–H and O–H groups in total. The molecule has 0 spiro atoms. The minimum absolute atomic E-state index is 0.151. The van der Waals surface area contributed by atoms with Crippen molar-refractivity contribution in [3.8, 4) is 0 Å². The molecule has 0 saturated carbocycles. The lowest BCUT2D eigenvalue weighted by molar-refractivity contribution is -0.384. The Morgan fingerprint density at radius 1 is 1.20 bits per heavy atom. The molecule has 2 rings (SSSR count). The van der Waals surface area contributed by atoms with Gasteiger partial charge in [0.15, 0.2) is 0 Å². The second-order valence-electron chi connectivity index (χ2n) is 3.59. The molecule has 1 aliphatic rings. The second-order valence-corrected chi connectivity index (χ2v) is 3.59. The van der Waals surface area contributed by atoms with Gasteiger partial charge in [0.1, 0.15) is 0 Å². The van der Waals surface area contributed by atoms with Gasteiger partial charge in [-0.2, -0.15) is 0 Å². The van der Waals surface area contributed by atoms with Crippen LogP contribution < -0.4 is 0 Å². The zero-order valence-corrected chi connectivity index (χ0v) is 8.30. The molecule has 0 aliphatic carbocycles. The van der Waals surface area contributed by atoms with Gasteiger partial charge in [-0.3, -0.25) is 15.0 Å². The molecule has 0 amide bonds. The predicted octanol–water partition coefficient (Wildman–Crippen LogP) is 1.97. The van der Waals surface area contributed by atoms with E-state index in [2.05, 4.69) is 17.1 Å². The summed E-state index contributed by atoms with van der Waals surface area (Å²) in [6.45, 7) is 2.79. The molecule has 78 valence electrons. The fourth-order valence-corrected chi connectivity index (χ4v) is 1.63. The van der Waals surface area contributed by atoms with Gasteiger partial charge in [-0.15, -0.1) is 0 Å². The zero-order valence-electron chi connectivity index (χ0n) is 8.30. The van der Waals surface area contributed by atoms with Gasteiger partial charge < -0.3 is 0 Å². The lowest BCUT2D eigenvalue weighted by Crippen LogP contribution is -2.18. The van der Waals surface area contributed by atoms with Crippen LogP contribution >= 0.6 is 0 Å². The van der Waals surface area contributed by atoms with Crippen molar-refractivity contribution >= 4 is 5.69 Å². The summed E-state index contributed by atoms with van der Waals surface area (Å²) < 4.78 is 0. The van der Waals surface area contributed by atoms with Crippen molar-refractivity contribution in [1.82, 2.24) is 4.90 Å². The van der Waals surface area contributed by atoms with E-state index in [-0.39, 0.29) is 10.6 Å². The summed E-state index contributed by atoms with van der Waals surface area (Å²) in [5.41, 5.74) is 1.27. The van der Waals surface area contributed by atoms with Crippen LogP contribution in [-0.2, 0) is 6.54 Å². The monoisotopic (exact) mass is 204 g/mol. The molecule has 0 radical (unpaired) electrons. The van der Waals surface area contributed by atoms with Crippen molar-refractivity contribution in [3.05, 3.63) is 52.1 Å². The minimum atomic E-state index is -0.374. The van der Waals surface area contributed by atoms with E-state index in [1.807, 2.05) is 12.1 Å². The zero-order chi connectivity index (χ0) is 10.7. The van der Waals surface area contributed by atoms with Crippen molar-refractivity contribution in [2.75, 3.05) is 13.1 Å². The van der Waals surface area contributed by atoms with E-state index in [1.54, 1.807) is 12.1 Å². The molecule has 0 saturated heterocycles. The maximum atomic E-state index is 10.4. The van der Waals surface area contributed by atoms with Crippen LogP contribution in [-0.4, -0.2) is 22.9 Å². The molecule has 0 aromatic heterocycles. The highest BCUT2D eigenvalue weighted by Gasteiger charge is 2.08. The molecule has 4 heteroatoms. The Morgan fingerprint density at radius 3 is 2.33 bits per heavy atom. The van der Waals surface area contributed by atoms with E-state index in [0.29, 0.717) is 0 Å². The number of nitro groups is 1. The fourth-order valence-electron chi connectivity index (χ4n) is 1.63. The Bertz CT molecular complexity index is 376. The highest BCUT2D eigenvalue weighted by atomic mass is 16.6. The van der Waals surface area contributed by atoms with Gasteiger partial charge in [0.2, 0.25) is 0 Å². The first-order chi connectivity index (χ1) is 7.25. The summed E-state index contributed by atoms with van der Waals surface area (Å²) in [5.74, 6) is 0. The van der Waals surface area contributed by atoms with Crippen LogP contribution in [0.1, 0.15) is 5.56 Å². The lowest BCUT2D eigenvalue weighted by atomic mass is 10.2. The van der Waals surface area contributed by atoms with Gasteiger partial charge in [0, 0.05) is 31.8 Å². The van der Waals surface area contributed by atoms with Crippen LogP contribution in [0.15, 0.2) is 36.4 Å².